The zero-order chi connectivity index (χ0) is 11.8. The van der Waals surface area contributed by atoms with Gasteiger partial charge in [-0.25, -0.2) is 9.86 Å². The van der Waals surface area contributed by atoms with Crippen molar-refractivity contribution in [2.45, 2.75) is 39.7 Å². The van der Waals surface area contributed by atoms with Gasteiger partial charge in [0.25, 0.3) is 0 Å². The molecule has 0 unspecified atom stereocenters. The lowest BCUT2D eigenvalue weighted by Crippen LogP contribution is -2.44. The zero-order valence-electron chi connectivity index (χ0n) is 9.47. The van der Waals surface area contributed by atoms with E-state index in [2.05, 4.69) is 0 Å². The van der Waals surface area contributed by atoms with E-state index in [9.17, 15) is 9.59 Å². The fourth-order valence-corrected chi connectivity index (χ4v) is 1.18. The van der Waals surface area contributed by atoms with Crippen LogP contribution < -0.4 is 0 Å². The highest BCUT2D eigenvalue weighted by Gasteiger charge is 2.28. The second-order valence-corrected chi connectivity index (χ2v) is 3.68. The molecule has 0 saturated carbocycles. The summed E-state index contributed by atoms with van der Waals surface area (Å²) in [5, 5.41) is 9.81. The highest BCUT2D eigenvalue weighted by Crippen LogP contribution is 2.10. The van der Waals surface area contributed by atoms with Crippen molar-refractivity contribution >= 4 is 12.4 Å². The summed E-state index contributed by atoms with van der Waals surface area (Å²) >= 11 is 0. The minimum Gasteiger partial charge on any atom is -0.480 e. The van der Waals surface area contributed by atoms with Crippen LogP contribution in [0.3, 0.4) is 0 Å². The molecular weight excluding hydrogens is 198 g/mol. The Kier molecular flexibility index (Phi) is 6.70. The molecule has 0 bridgehead atoms. The van der Waals surface area contributed by atoms with E-state index in [4.69, 9.17) is 9.94 Å². The second kappa shape index (κ2) is 7.23. The second-order valence-electron chi connectivity index (χ2n) is 3.68. The van der Waals surface area contributed by atoms with Crippen LogP contribution in [0.15, 0.2) is 0 Å². The van der Waals surface area contributed by atoms with Gasteiger partial charge in [0.05, 0.1) is 6.61 Å². The highest BCUT2D eigenvalue weighted by molar-refractivity contribution is 5.76. The average molecular weight is 217 g/mol. The number of aliphatic carboxylic acids is 1. The number of hydrogen-bond acceptors (Lipinski definition) is 3. The Bertz CT molecular complexity index is 206. The smallest absolute Gasteiger partial charge is 0.329 e. The number of hydroxylamine groups is 2. The molecule has 0 aliphatic heterocycles. The van der Waals surface area contributed by atoms with Crippen molar-refractivity contribution in [3.05, 3.63) is 0 Å². The number of carbonyl (C=O) groups is 2. The van der Waals surface area contributed by atoms with Gasteiger partial charge in [-0.05, 0) is 12.3 Å². The number of hydrogen-bond donors (Lipinski definition) is 1. The summed E-state index contributed by atoms with van der Waals surface area (Å²) in [5.74, 6) is -1.23. The molecule has 0 spiro atoms. The van der Waals surface area contributed by atoms with Crippen molar-refractivity contribution in [2.24, 2.45) is 5.92 Å². The van der Waals surface area contributed by atoms with Crippen molar-refractivity contribution in [3.8, 4) is 0 Å². The van der Waals surface area contributed by atoms with Crippen LogP contribution in [0.2, 0.25) is 0 Å². The van der Waals surface area contributed by atoms with Gasteiger partial charge < -0.3 is 5.11 Å². The van der Waals surface area contributed by atoms with Gasteiger partial charge in [0.15, 0.2) is 6.04 Å². The lowest BCUT2D eigenvalue weighted by molar-refractivity contribution is -0.201. The molecule has 1 atom stereocenters. The summed E-state index contributed by atoms with van der Waals surface area (Å²) < 4.78 is 0. The summed E-state index contributed by atoms with van der Waals surface area (Å²) in [7, 11) is 0. The molecule has 0 aromatic rings. The zero-order valence-corrected chi connectivity index (χ0v) is 9.47. The van der Waals surface area contributed by atoms with Crippen LogP contribution in [0, 0.1) is 5.92 Å². The van der Waals surface area contributed by atoms with Gasteiger partial charge in [-0.1, -0.05) is 27.2 Å². The van der Waals surface area contributed by atoms with E-state index >= 15 is 0 Å². The molecule has 0 aliphatic rings. The van der Waals surface area contributed by atoms with Gasteiger partial charge in [0.2, 0.25) is 6.41 Å². The quantitative estimate of drug-likeness (QED) is 0.378. The van der Waals surface area contributed by atoms with Crippen LogP contribution in [0.5, 0.6) is 0 Å². The normalized spacial score (nSPS) is 12.5. The molecule has 0 radical (unpaired) electrons. The van der Waals surface area contributed by atoms with Crippen molar-refractivity contribution < 1.29 is 19.5 Å². The Balaban J connectivity index is 4.32. The Hall–Kier alpha value is -1.10. The molecule has 15 heavy (non-hydrogen) atoms. The van der Waals surface area contributed by atoms with Crippen LogP contribution in [-0.4, -0.2) is 35.2 Å². The van der Waals surface area contributed by atoms with Gasteiger partial charge in [-0.3, -0.25) is 9.63 Å². The Labute approximate surface area is 90.0 Å². The van der Waals surface area contributed by atoms with Gasteiger partial charge in [0.1, 0.15) is 0 Å². The lowest BCUT2D eigenvalue weighted by Gasteiger charge is -2.26. The molecule has 0 aliphatic carbocycles. The molecule has 0 aromatic carbocycles. The third-order valence-electron chi connectivity index (χ3n) is 2.00. The van der Waals surface area contributed by atoms with Crippen molar-refractivity contribution in [2.75, 3.05) is 6.61 Å². The average Bonchev–Trinajstić information content (AvgIpc) is 2.15. The predicted octanol–water partition coefficient (Wildman–Crippen LogP) is 1.29. The fraction of sp³-hybridized carbons (Fsp3) is 0.800. The molecule has 1 N–H and O–H groups in total. The minimum absolute atomic E-state index is 0.186. The number of unbranched alkanes of at least 4 members (excludes halogenated alkanes) is 1. The third-order valence-corrected chi connectivity index (χ3v) is 2.00. The van der Waals surface area contributed by atoms with Gasteiger partial charge in [-0.15, -0.1) is 0 Å². The molecule has 5 heteroatoms. The van der Waals surface area contributed by atoms with Crippen molar-refractivity contribution in [3.63, 3.8) is 0 Å². The highest BCUT2D eigenvalue weighted by atomic mass is 16.7. The number of carboxylic acid groups (broad SMARTS) is 1. The first kappa shape index (κ1) is 13.9. The number of amides is 1. The summed E-state index contributed by atoms with van der Waals surface area (Å²) in [6.07, 6.45) is 2.16. The van der Waals surface area contributed by atoms with Crippen LogP contribution in [0.25, 0.3) is 0 Å². The standard InChI is InChI=1S/C10H19NO4/c1-4-5-6-15-11(7-12)9(8(2)3)10(13)14/h7-9H,4-6H2,1-3H3,(H,13,14)/t9-/m0/s1. The van der Waals surface area contributed by atoms with E-state index < -0.39 is 12.0 Å². The van der Waals surface area contributed by atoms with E-state index in [0.29, 0.717) is 13.0 Å². The first-order valence-corrected chi connectivity index (χ1v) is 5.13. The van der Waals surface area contributed by atoms with E-state index in [1.807, 2.05) is 6.92 Å². The molecule has 0 heterocycles. The maximum Gasteiger partial charge on any atom is 0.329 e. The number of nitrogens with zero attached hydrogens (tertiary/aromatic N) is 1. The molecule has 0 saturated heterocycles. The van der Waals surface area contributed by atoms with Crippen molar-refractivity contribution in [1.82, 2.24) is 5.06 Å². The Morgan fingerprint density at radius 2 is 2.13 bits per heavy atom. The predicted molar refractivity (Wildman–Crippen MR) is 55.0 cm³/mol. The summed E-state index contributed by atoms with van der Waals surface area (Å²) in [6, 6.07) is -0.917. The number of rotatable bonds is 8. The van der Waals surface area contributed by atoms with Crippen LogP contribution in [0.1, 0.15) is 33.6 Å². The monoisotopic (exact) mass is 217 g/mol. The summed E-state index contributed by atoms with van der Waals surface area (Å²) in [4.78, 5) is 26.7. The van der Waals surface area contributed by atoms with Crippen LogP contribution >= 0.6 is 0 Å². The molecule has 0 aromatic heterocycles. The summed E-state index contributed by atoms with van der Waals surface area (Å²) in [6.45, 7) is 5.83. The van der Waals surface area contributed by atoms with Gasteiger partial charge >= 0.3 is 5.97 Å². The molecule has 5 nitrogen and oxygen atoms in total. The summed E-state index contributed by atoms with van der Waals surface area (Å²) in [5.41, 5.74) is 0. The fourth-order valence-electron chi connectivity index (χ4n) is 1.18. The van der Waals surface area contributed by atoms with Crippen molar-refractivity contribution in [1.29, 1.82) is 0 Å². The van der Waals surface area contributed by atoms with E-state index in [1.54, 1.807) is 13.8 Å². The first-order valence-electron chi connectivity index (χ1n) is 5.13. The molecule has 0 rings (SSSR count). The van der Waals surface area contributed by atoms with Gasteiger partial charge in [-0.2, -0.15) is 0 Å². The SMILES string of the molecule is CCCCON(C=O)[C@H](C(=O)O)C(C)C. The van der Waals surface area contributed by atoms with Crippen LogP contribution in [-0.2, 0) is 14.4 Å². The van der Waals surface area contributed by atoms with Gasteiger partial charge in [0, 0.05) is 0 Å². The molecule has 1 amide bonds. The number of carboxylic acids is 1. The third kappa shape index (κ3) is 4.78. The Morgan fingerprint density at radius 1 is 1.53 bits per heavy atom. The largest absolute Gasteiger partial charge is 0.480 e. The molecule has 0 fully saturated rings. The molecular formula is C10H19NO4. The number of carbonyl (C=O) groups excluding carboxylic acids is 1. The Morgan fingerprint density at radius 3 is 2.47 bits per heavy atom. The molecule has 88 valence electrons. The maximum absolute atomic E-state index is 10.9. The minimum atomic E-state index is -1.05. The first-order chi connectivity index (χ1) is 7.04. The topological polar surface area (TPSA) is 66.8 Å². The van der Waals surface area contributed by atoms with Crippen LogP contribution in [0.4, 0.5) is 0 Å². The van der Waals surface area contributed by atoms with E-state index in [0.717, 1.165) is 17.9 Å². The maximum atomic E-state index is 10.9. The lowest BCUT2D eigenvalue weighted by atomic mass is 10.1. The van der Waals surface area contributed by atoms with E-state index in [-0.39, 0.29) is 5.92 Å². The van der Waals surface area contributed by atoms with E-state index in [1.165, 1.54) is 0 Å².